The summed E-state index contributed by atoms with van der Waals surface area (Å²) < 4.78 is 8.66. The summed E-state index contributed by atoms with van der Waals surface area (Å²) in [6.45, 7) is 7.92. The number of rotatable bonds is 5. The van der Waals surface area contributed by atoms with Crippen molar-refractivity contribution in [3.63, 3.8) is 0 Å². The van der Waals surface area contributed by atoms with E-state index in [4.69, 9.17) is 27.9 Å². The monoisotopic (exact) mass is 422 g/mol. The fourth-order valence-electron chi connectivity index (χ4n) is 2.99. The molecule has 3 rings (SSSR count). The normalized spacial score (nSPS) is 12.1. The Hall–Kier alpha value is -1.66. The lowest BCUT2D eigenvalue weighted by molar-refractivity contribution is 0.0997. The molecule has 0 radical (unpaired) electrons. The molecule has 4 nitrogen and oxygen atoms in total. The van der Waals surface area contributed by atoms with Gasteiger partial charge in [-0.05, 0) is 56.2 Å². The van der Waals surface area contributed by atoms with E-state index in [2.05, 4.69) is 31.0 Å². The van der Waals surface area contributed by atoms with Crippen LogP contribution in [0.25, 0.3) is 10.2 Å². The van der Waals surface area contributed by atoms with E-state index in [0.29, 0.717) is 40.2 Å². The van der Waals surface area contributed by atoms with Crippen LogP contribution < -0.4 is 4.80 Å². The van der Waals surface area contributed by atoms with Gasteiger partial charge in [-0.15, -0.1) is 0 Å². The van der Waals surface area contributed by atoms with Crippen molar-refractivity contribution < 1.29 is 9.53 Å². The quantitative estimate of drug-likeness (QED) is 0.516. The number of nitrogens with zero attached hydrogens (tertiary/aromatic N) is 2. The molecule has 0 bridgehead atoms. The Bertz CT molecular complexity index is 1070. The fourth-order valence-corrected chi connectivity index (χ4v) is 4.71. The molecule has 0 unspecified atom stereocenters. The zero-order valence-electron chi connectivity index (χ0n) is 15.4. The van der Waals surface area contributed by atoms with Crippen LogP contribution in [0.3, 0.4) is 0 Å². The third-order valence-electron chi connectivity index (χ3n) is 4.13. The summed E-state index contributed by atoms with van der Waals surface area (Å²) >= 11 is 13.6. The van der Waals surface area contributed by atoms with Gasteiger partial charge in [-0.2, -0.15) is 4.99 Å². The number of aryl methyl sites for hydroxylation is 2. The molecule has 27 heavy (non-hydrogen) atoms. The van der Waals surface area contributed by atoms with Gasteiger partial charge in [0.2, 0.25) is 0 Å². The third kappa shape index (κ3) is 4.43. The maximum atomic E-state index is 12.7. The second-order valence-electron chi connectivity index (χ2n) is 6.20. The largest absolute Gasteiger partial charge is 0.380 e. The number of thiazole rings is 1. The molecule has 142 valence electrons. The molecule has 7 heteroatoms. The predicted octanol–water partition coefficient (Wildman–Crippen LogP) is 5.40. The molecule has 0 saturated carbocycles. The van der Waals surface area contributed by atoms with Crippen LogP contribution in [0.4, 0.5) is 0 Å². The van der Waals surface area contributed by atoms with Gasteiger partial charge in [-0.1, -0.05) is 40.6 Å². The highest BCUT2D eigenvalue weighted by atomic mass is 35.5. The van der Waals surface area contributed by atoms with Crippen LogP contribution in [0.1, 0.15) is 28.4 Å². The Morgan fingerprint density at radius 2 is 2.00 bits per heavy atom. The second-order valence-corrected chi connectivity index (χ2v) is 8.06. The Labute approximate surface area is 172 Å². The average molecular weight is 423 g/mol. The lowest BCUT2D eigenvalue weighted by atomic mass is 10.1. The summed E-state index contributed by atoms with van der Waals surface area (Å²) in [5.74, 6) is -0.386. The zero-order valence-corrected chi connectivity index (χ0v) is 17.7. The van der Waals surface area contributed by atoms with E-state index in [-0.39, 0.29) is 5.91 Å². The van der Waals surface area contributed by atoms with E-state index >= 15 is 0 Å². The van der Waals surface area contributed by atoms with E-state index in [0.717, 1.165) is 15.8 Å². The predicted molar refractivity (Wildman–Crippen MR) is 112 cm³/mol. The maximum Gasteiger partial charge on any atom is 0.281 e. The topological polar surface area (TPSA) is 43.6 Å². The van der Waals surface area contributed by atoms with Crippen molar-refractivity contribution in [2.45, 2.75) is 27.3 Å². The minimum Gasteiger partial charge on any atom is -0.380 e. The molecule has 3 aromatic rings. The van der Waals surface area contributed by atoms with E-state index in [9.17, 15) is 4.79 Å². The Kier molecular flexibility index (Phi) is 6.37. The maximum absolute atomic E-state index is 12.7. The molecule has 0 fully saturated rings. The number of benzene rings is 2. The van der Waals surface area contributed by atoms with Crippen LogP contribution in [0.15, 0.2) is 35.3 Å². The van der Waals surface area contributed by atoms with E-state index in [1.807, 2.05) is 11.5 Å². The van der Waals surface area contributed by atoms with Crippen molar-refractivity contribution in [2.24, 2.45) is 4.99 Å². The molecule has 1 aromatic heterocycles. The first kappa shape index (κ1) is 20.1. The average Bonchev–Trinajstić information content (AvgIpc) is 2.92. The number of hydrogen-bond acceptors (Lipinski definition) is 3. The van der Waals surface area contributed by atoms with Crippen LogP contribution in [-0.4, -0.2) is 23.7 Å². The van der Waals surface area contributed by atoms with E-state index in [1.165, 1.54) is 16.9 Å². The Morgan fingerprint density at radius 1 is 1.22 bits per heavy atom. The van der Waals surface area contributed by atoms with Gasteiger partial charge in [0.05, 0.1) is 27.4 Å². The van der Waals surface area contributed by atoms with E-state index in [1.54, 1.807) is 18.2 Å². The van der Waals surface area contributed by atoms with Crippen molar-refractivity contribution in [3.8, 4) is 0 Å². The van der Waals surface area contributed by atoms with Gasteiger partial charge in [0.15, 0.2) is 4.80 Å². The minimum atomic E-state index is -0.386. The van der Waals surface area contributed by atoms with Gasteiger partial charge in [0.25, 0.3) is 5.91 Å². The molecular weight excluding hydrogens is 403 g/mol. The van der Waals surface area contributed by atoms with Crippen molar-refractivity contribution in [1.29, 1.82) is 0 Å². The van der Waals surface area contributed by atoms with Crippen LogP contribution in [0, 0.1) is 13.8 Å². The number of aromatic nitrogens is 1. The number of hydrogen-bond donors (Lipinski definition) is 0. The first-order valence-electron chi connectivity index (χ1n) is 8.63. The SMILES string of the molecule is CCOCCn1c(=NC(=O)c2ccc(Cl)cc2Cl)sc2cc(C)cc(C)c21. The van der Waals surface area contributed by atoms with Crippen LogP contribution in [0.2, 0.25) is 10.0 Å². The smallest absolute Gasteiger partial charge is 0.281 e. The molecular formula is C20H20Cl2N2O2S. The first-order chi connectivity index (χ1) is 12.9. The highest BCUT2D eigenvalue weighted by Crippen LogP contribution is 2.24. The molecule has 0 atom stereocenters. The summed E-state index contributed by atoms with van der Waals surface area (Å²) in [6, 6.07) is 9.03. The van der Waals surface area contributed by atoms with Gasteiger partial charge in [0.1, 0.15) is 0 Å². The number of carbonyl (C=O) groups excluding carboxylic acids is 1. The molecule has 0 saturated heterocycles. The van der Waals surface area contributed by atoms with Gasteiger partial charge >= 0.3 is 0 Å². The van der Waals surface area contributed by atoms with Gasteiger partial charge in [0, 0.05) is 18.2 Å². The number of ether oxygens (including phenoxy) is 1. The number of carbonyl (C=O) groups is 1. The zero-order chi connectivity index (χ0) is 19.6. The fraction of sp³-hybridized carbons (Fsp3) is 0.300. The summed E-state index contributed by atoms with van der Waals surface area (Å²) in [5, 5.41) is 0.779. The summed E-state index contributed by atoms with van der Waals surface area (Å²) in [6.07, 6.45) is 0. The molecule has 1 heterocycles. The summed E-state index contributed by atoms with van der Waals surface area (Å²) in [7, 11) is 0. The van der Waals surface area contributed by atoms with Gasteiger partial charge < -0.3 is 9.30 Å². The lowest BCUT2D eigenvalue weighted by Gasteiger charge is -2.08. The first-order valence-corrected chi connectivity index (χ1v) is 10.2. The highest BCUT2D eigenvalue weighted by Gasteiger charge is 2.14. The van der Waals surface area contributed by atoms with E-state index < -0.39 is 0 Å². The second kappa shape index (κ2) is 8.57. The molecule has 2 aromatic carbocycles. The summed E-state index contributed by atoms with van der Waals surface area (Å²) in [4.78, 5) is 17.7. The molecule has 0 spiro atoms. The summed E-state index contributed by atoms with van der Waals surface area (Å²) in [5.41, 5.74) is 3.75. The highest BCUT2D eigenvalue weighted by molar-refractivity contribution is 7.16. The van der Waals surface area contributed by atoms with Crippen LogP contribution in [0.5, 0.6) is 0 Å². The molecule has 0 N–H and O–H groups in total. The van der Waals surface area contributed by atoms with Gasteiger partial charge in [-0.3, -0.25) is 4.79 Å². The molecule has 1 amide bonds. The number of fused-ring (bicyclic) bond motifs is 1. The van der Waals surface area contributed by atoms with Crippen molar-refractivity contribution in [2.75, 3.05) is 13.2 Å². The van der Waals surface area contributed by atoms with Crippen molar-refractivity contribution >= 4 is 50.7 Å². The number of amides is 1. The Morgan fingerprint density at radius 3 is 2.70 bits per heavy atom. The van der Waals surface area contributed by atoms with Crippen LogP contribution in [-0.2, 0) is 11.3 Å². The molecule has 0 aliphatic carbocycles. The van der Waals surface area contributed by atoms with Crippen LogP contribution >= 0.6 is 34.5 Å². The van der Waals surface area contributed by atoms with Crippen molar-refractivity contribution in [1.82, 2.24) is 4.57 Å². The molecule has 0 aliphatic rings. The minimum absolute atomic E-state index is 0.297. The van der Waals surface area contributed by atoms with Crippen molar-refractivity contribution in [3.05, 3.63) is 61.9 Å². The third-order valence-corrected chi connectivity index (χ3v) is 5.71. The lowest BCUT2D eigenvalue weighted by Crippen LogP contribution is -2.20. The molecule has 0 aliphatic heterocycles. The van der Waals surface area contributed by atoms with Gasteiger partial charge in [-0.25, -0.2) is 0 Å². The number of halogens is 2. The Balaban J connectivity index is 2.13. The standard InChI is InChI=1S/C20H20Cl2N2O2S/c1-4-26-8-7-24-18-13(3)9-12(2)10-17(18)27-20(24)23-19(25)15-6-5-14(21)11-16(15)22/h5-6,9-11H,4,7-8H2,1-3H3.